The normalized spacial score (nSPS) is 16.2. The third-order valence-corrected chi connectivity index (χ3v) is 3.11. The second kappa shape index (κ2) is 5.77. The smallest absolute Gasteiger partial charge is 0.269 e. The third kappa shape index (κ3) is 3.53. The molecule has 0 saturated carbocycles. The Morgan fingerprint density at radius 1 is 1.35 bits per heavy atom. The first-order valence-electron chi connectivity index (χ1n) is 6.06. The molecule has 1 saturated heterocycles. The molecule has 1 aromatic carbocycles. The van der Waals surface area contributed by atoms with E-state index in [-0.39, 0.29) is 10.6 Å². The van der Waals surface area contributed by atoms with Crippen LogP contribution in [0.5, 0.6) is 0 Å². The van der Waals surface area contributed by atoms with Crippen LogP contribution < -0.4 is 0 Å². The lowest BCUT2D eigenvalue weighted by molar-refractivity contribution is -0.384. The van der Waals surface area contributed by atoms with Crippen molar-refractivity contribution >= 4 is 5.69 Å². The Kier molecular flexibility index (Phi) is 4.09. The van der Waals surface area contributed by atoms with Gasteiger partial charge in [0.1, 0.15) is 0 Å². The summed E-state index contributed by atoms with van der Waals surface area (Å²) in [7, 11) is 0. The van der Waals surface area contributed by atoms with E-state index < -0.39 is 0 Å². The zero-order chi connectivity index (χ0) is 12.1. The topological polar surface area (TPSA) is 46.4 Å². The van der Waals surface area contributed by atoms with Crippen LogP contribution in [0.4, 0.5) is 5.69 Å². The summed E-state index contributed by atoms with van der Waals surface area (Å²) in [4.78, 5) is 12.7. The molecule has 1 heterocycles. The van der Waals surface area contributed by atoms with Gasteiger partial charge in [-0.25, -0.2) is 0 Å². The number of non-ortho nitro benzene ring substituents is 1. The molecule has 4 nitrogen and oxygen atoms in total. The summed E-state index contributed by atoms with van der Waals surface area (Å²) in [6, 6.07) is 6.80. The van der Waals surface area contributed by atoms with Gasteiger partial charge in [0, 0.05) is 12.1 Å². The summed E-state index contributed by atoms with van der Waals surface area (Å²) in [5, 5.41) is 10.6. The molecule has 4 heteroatoms. The molecule has 1 aliphatic rings. The highest BCUT2D eigenvalue weighted by Crippen LogP contribution is 2.16. The lowest BCUT2D eigenvalue weighted by Crippen LogP contribution is -2.20. The van der Waals surface area contributed by atoms with Gasteiger partial charge in [0.2, 0.25) is 0 Å². The summed E-state index contributed by atoms with van der Waals surface area (Å²) >= 11 is 0. The maximum atomic E-state index is 10.6. The highest BCUT2D eigenvalue weighted by molar-refractivity contribution is 5.37. The van der Waals surface area contributed by atoms with Crippen LogP contribution >= 0.6 is 0 Å². The first kappa shape index (κ1) is 12.0. The first-order chi connectivity index (χ1) is 8.25. The van der Waals surface area contributed by atoms with Gasteiger partial charge < -0.3 is 4.90 Å². The number of hydrogen-bond donors (Lipinski definition) is 0. The Morgan fingerprint density at radius 2 is 2.12 bits per heavy atom. The van der Waals surface area contributed by atoms with Gasteiger partial charge in [0.15, 0.2) is 0 Å². The van der Waals surface area contributed by atoms with Gasteiger partial charge in [0.25, 0.3) is 5.69 Å². The molecule has 1 fully saturated rings. The number of nitrogens with zero attached hydrogens (tertiary/aromatic N) is 2. The van der Waals surface area contributed by atoms with Gasteiger partial charge in [-0.05, 0) is 50.9 Å². The first-order valence-corrected chi connectivity index (χ1v) is 6.06. The Labute approximate surface area is 101 Å². The largest absolute Gasteiger partial charge is 0.303 e. The molecule has 17 heavy (non-hydrogen) atoms. The van der Waals surface area contributed by atoms with Crippen molar-refractivity contribution < 1.29 is 4.92 Å². The third-order valence-electron chi connectivity index (χ3n) is 3.11. The van der Waals surface area contributed by atoms with Crippen molar-refractivity contribution in [2.45, 2.75) is 19.3 Å². The highest BCUT2D eigenvalue weighted by Gasteiger charge is 2.11. The van der Waals surface area contributed by atoms with Crippen molar-refractivity contribution in [1.29, 1.82) is 0 Å². The Balaban J connectivity index is 1.81. The van der Waals surface area contributed by atoms with Gasteiger partial charge in [-0.2, -0.15) is 0 Å². The maximum absolute atomic E-state index is 10.6. The van der Waals surface area contributed by atoms with Crippen LogP contribution in [-0.2, 0) is 0 Å². The molecule has 2 rings (SSSR count). The molecular weight excluding hydrogens is 216 g/mol. The predicted octanol–water partition coefficient (Wildman–Crippen LogP) is 2.63. The fourth-order valence-corrected chi connectivity index (χ4v) is 2.19. The summed E-state index contributed by atoms with van der Waals surface area (Å²) in [5.41, 5.74) is 1.11. The zero-order valence-corrected chi connectivity index (χ0v) is 9.84. The van der Waals surface area contributed by atoms with E-state index in [1.807, 2.05) is 6.07 Å². The summed E-state index contributed by atoms with van der Waals surface area (Å²) in [6.07, 6.45) is 5.64. The van der Waals surface area contributed by atoms with Gasteiger partial charge in [-0.1, -0.05) is 12.1 Å². The van der Waals surface area contributed by atoms with Crippen LogP contribution in [0.15, 0.2) is 24.3 Å². The standard InChI is InChI=1S/C13H17N2O2/c16-15(17)13-7-3-5-12(11-13)6-4-10-14-8-1-2-9-14/h3,5-7,11H,1-2,4,8-10H2. The van der Waals surface area contributed by atoms with Crippen molar-refractivity contribution in [2.75, 3.05) is 19.6 Å². The second-order valence-corrected chi connectivity index (χ2v) is 4.39. The molecule has 1 aliphatic heterocycles. The molecule has 91 valence electrons. The van der Waals surface area contributed by atoms with Gasteiger partial charge in [-0.3, -0.25) is 10.1 Å². The summed E-state index contributed by atoms with van der Waals surface area (Å²) in [6.45, 7) is 3.45. The maximum Gasteiger partial charge on any atom is 0.269 e. The van der Waals surface area contributed by atoms with Crippen molar-refractivity contribution in [3.63, 3.8) is 0 Å². The van der Waals surface area contributed by atoms with E-state index in [1.165, 1.54) is 32.0 Å². The number of hydrogen-bond acceptors (Lipinski definition) is 3. The van der Waals surface area contributed by atoms with Gasteiger partial charge in [-0.15, -0.1) is 0 Å². The van der Waals surface area contributed by atoms with Crippen LogP contribution in [-0.4, -0.2) is 29.5 Å². The monoisotopic (exact) mass is 233 g/mol. The van der Waals surface area contributed by atoms with Gasteiger partial charge in [0.05, 0.1) is 4.92 Å². The van der Waals surface area contributed by atoms with E-state index >= 15 is 0 Å². The molecule has 1 radical (unpaired) electrons. The second-order valence-electron chi connectivity index (χ2n) is 4.39. The number of benzene rings is 1. The van der Waals surface area contributed by atoms with Crippen LogP contribution in [0, 0.1) is 16.5 Å². The lowest BCUT2D eigenvalue weighted by Gasteiger charge is -2.13. The van der Waals surface area contributed by atoms with Crippen molar-refractivity contribution in [3.8, 4) is 0 Å². The summed E-state index contributed by atoms with van der Waals surface area (Å²) < 4.78 is 0. The molecule has 0 spiro atoms. The minimum Gasteiger partial charge on any atom is -0.303 e. The van der Waals surface area contributed by atoms with Crippen LogP contribution in [0.2, 0.25) is 0 Å². The molecule has 0 N–H and O–H groups in total. The molecular formula is C13H17N2O2. The quantitative estimate of drug-likeness (QED) is 0.580. The number of likely N-dealkylation sites (tertiary alicyclic amines) is 1. The van der Waals surface area contributed by atoms with E-state index in [9.17, 15) is 10.1 Å². The zero-order valence-electron chi connectivity index (χ0n) is 9.84. The lowest BCUT2D eigenvalue weighted by atomic mass is 10.1. The Bertz CT molecular complexity index is 387. The van der Waals surface area contributed by atoms with E-state index in [2.05, 4.69) is 11.3 Å². The van der Waals surface area contributed by atoms with Crippen LogP contribution in [0.3, 0.4) is 0 Å². The molecule has 0 aromatic heterocycles. The minimum atomic E-state index is -0.349. The molecule has 0 atom stereocenters. The minimum absolute atomic E-state index is 0.167. The number of nitro groups is 1. The molecule has 0 bridgehead atoms. The fourth-order valence-electron chi connectivity index (χ4n) is 2.19. The van der Waals surface area contributed by atoms with E-state index in [0.717, 1.165) is 18.5 Å². The van der Waals surface area contributed by atoms with Gasteiger partial charge >= 0.3 is 0 Å². The van der Waals surface area contributed by atoms with E-state index in [1.54, 1.807) is 12.1 Å². The van der Waals surface area contributed by atoms with E-state index in [0.29, 0.717) is 0 Å². The number of nitro benzene ring substituents is 1. The molecule has 0 amide bonds. The number of rotatable bonds is 5. The van der Waals surface area contributed by atoms with Crippen LogP contribution in [0.25, 0.3) is 0 Å². The van der Waals surface area contributed by atoms with Crippen molar-refractivity contribution in [3.05, 3.63) is 46.4 Å². The molecule has 0 aliphatic carbocycles. The fraction of sp³-hybridized carbons (Fsp3) is 0.462. The average Bonchev–Trinajstić information content (AvgIpc) is 2.82. The van der Waals surface area contributed by atoms with E-state index in [4.69, 9.17) is 0 Å². The summed E-state index contributed by atoms with van der Waals surface area (Å²) in [5.74, 6) is 0. The predicted molar refractivity (Wildman–Crippen MR) is 66.8 cm³/mol. The van der Waals surface area contributed by atoms with Crippen molar-refractivity contribution in [2.24, 2.45) is 0 Å². The Morgan fingerprint density at radius 3 is 2.82 bits per heavy atom. The van der Waals surface area contributed by atoms with Crippen LogP contribution in [0.1, 0.15) is 24.8 Å². The highest BCUT2D eigenvalue weighted by atomic mass is 16.6. The Hall–Kier alpha value is -1.42. The van der Waals surface area contributed by atoms with Crippen molar-refractivity contribution in [1.82, 2.24) is 4.90 Å². The molecule has 1 aromatic rings. The average molecular weight is 233 g/mol. The molecule has 0 unspecified atom stereocenters. The SMILES string of the molecule is O=[N+]([O-])c1cccc([CH]CCN2CCCC2)c1.